The van der Waals surface area contributed by atoms with Gasteiger partial charge in [-0.25, -0.2) is 4.79 Å². The molecule has 2 N–H and O–H groups in total. The van der Waals surface area contributed by atoms with Gasteiger partial charge in [-0.05, 0) is 19.1 Å². The molecule has 1 unspecified atom stereocenters. The van der Waals surface area contributed by atoms with Crippen molar-refractivity contribution >= 4 is 16.9 Å². The van der Waals surface area contributed by atoms with E-state index in [-0.39, 0.29) is 0 Å². The molecule has 0 saturated heterocycles. The molecule has 16 heavy (non-hydrogen) atoms. The first-order valence-electron chi connectivity index (χ1n) is 4.87. The Morgan fingerprint density at radius 2 is 2.06 bits per heavy atom. The number of aromatic nitrogens is 1. The smallest absolute Gasteiger partial charge is 0.337 e. The number of nitrogens with zero attached hydrogens (tertiary/aromatic N) is 1. The first kappa shape index (κ1) is 10.6. The molecule has 4 heteroatoms. The maximum atomic E-state index is 10.8. The van der Waals surface area contributed by atoms with E-state index >= 15 is 0 Å². The number of carboxylic acids is 1. The molecule has 2 aromatic rings. The first-order chi connectivity index (χ1) is 7.59. The Bertz CT molecular complexity index is 551. The maximum absolute atomic E-state index is 10.8. The summed E-state index contributed by atoms with van der Waals surface area (Å²) in [4.78, 5) is 15.1. The molecule has 4 nitrogen and oxygen atoms in total. The molecule has 0 aliphatic heterocycles. The number of fused-ring (bicyclic) bond motifs is 1. The summed E-state index contributed by atoms with van der Waals surface area (Å²) in [6, 6.07) is 8.76. The van der Waals surface area contributed by atoms with E-state index in [9.17, 15) is 9.90 Å². The van der Waals surface area contributed by atoms with Crippen LogP contribution in [0.4, 0.5) is 0 Å². The maximum Gasteiger partial charge on any atom is 0.337 e. The SMILES string of the molecule is Cc1cc(C(O)C(=O)O)c2ccccc2n1. The highest BCUT2D eigenvalue weighted by molar-refractivity contribution is 5.87. The second kappa shape index (κ2) is 3.90. The van der Waals surface area contributed by atoms with Gasteiger partial charge in [-0.2, -0.15) is 0 Å². The summed E-state index contributed by atoms with van der Waals surface area (Å²) in [7, 11) is 0. The van der Waals surface area contributed by atoms with Crippen molar-refractivity contribution in [2.45, 2.75) is 13.0 Å². The van der Waals surface area contributed by atoms with E-state index in [1.54, 1.807) is 31.2 Å². The number of aliphatic hydroxyl groups is 1. The van der Waals surface area contributed by atoms with Gasteiger partial charge in [0.1, 0.15) is 0 Å². The summed E-state index contributed by atoms with van der Waals surface area (Å²) >= 11 is 0. The summed E-state index contributed by atoms with van der Waals surface area (Å²) < 4.78 is 0. The van der Waals surface area contributed by atoms with Crippen molar-refractivity contribution in [2.75, 3.05) is 0 Å². The Hall–Kier alpha value is -1.94. The van der Waals surface area contributed by atoms with E-state index in [1.807, 2.05) is 6.07 Å². The van der Waals surface area contributed by atoms with Crippen LogP contribution in [0.15, 0.2) is 30.3 Å². The molecule has 1 heterocycles. The van der Waals surface area contributed by atoms with Gasteiger partial charge in [-0.3, -0.25) is 4.98 Å². The fraction of sp³-hybridized carbons (Fsp3) is 0.167. The standard InChI is InChI=1S/C12H11NO3/c1-7-6-9(11(14)12(15)16)8-4-2-3-5-10(8)13-7/h2-6,11,14H,1H3,(H,15,16). The minimum absolute atomic E-state index is 0.385. The number of rotatable bonds is 2. The number of hydrogen-bond acceptors (Lipinski definition) is 3. The second-order valence-corrected chi connectivity index (χ2v) is 3.61. The number of aryl methyl sites for hydroxylation is 1. The summed E-state index contributed by atoms with van der Waals surface area (Å²) in [5.74, 6) is -1.25. The molecule has 1 aromatic heterocycles. The van der Waals surface area contributed by atoms with Gasteiger partial charge in [0.25, 0.3) is 0 Å². The molecule has 0 fully saturated rings. The van der Waals surface area contributed by atoms with Crippen LogP contribution in [-0.4, -0.2) is 21.2 Å². The quantitative estimate of drug-likeness (QED) is 0.802. The van der Waals surface area contributed by atoms with Gasteiger partial charge in [0, 0.05) is 16.6 Å². The zero-order valence-corrected chi connectivity index (χ0v) is 8.71. The Morgan fingerprint density at radius 1 is 1.38 bits per heavy atom. The number of pyridine rings is 1. The summed E-state index contributed by atoms with van der Waals surface area (Å²) in [6.07, 6.45) is -1.51. The monoisotopic (exact) mass is 217 g/mol. The second-order valence-electron chi connectivity index (χ2n) is 3.61. The Morgan fingerprint density at radius 3 is 2.75 bits per heavy atom. The van der Waals surface area contributed by atoms with Crippen molar-refractivity contribution in [2.24, 2.45) is 0 Å². The third-order valence-corrected chi connectivity index (χ3v) is 2.40. The van der Waals surface area contributed by atoms with Crippen LogP contribution in [0.25, 0.3) is 10.9 Å². The van der Waals surface area contributed by atoms with Crippen LogP contribution in [0, 0.1) is 6.92 Å². The van der Waals surface area contributed by atoms with Crippen molar-refractivity contribution < 1.29 is 15.0 Å². The topological polar surface area (TPSA) is 70.4 Å². The molecule has 0 saturated carbocycles. The fourth-order valence-electron chi connectivity index (χ4n) is 1.70. The average molecular weight is 217 g/mol. The third-order valence-electron chi connectivity index (χ3n) is 2.40. The van der Waals surface area contributed by atoms with Crippen LogP contribution in [0.5, 0.6) is 0 Å². The summed E-state index contributed by atoms with van der Waals surface area (Å²) in [6.45, 7) is 1.77. The lowest BCUT2D eigenvalue weighted by atomic mass is 10.0. The molecule has 1 atom stereocenters. The highest BCUT2D eigenvalue weighted by Crippen LogP contribution is 2.24. The lowest BCUT2D eigenvalue weighted by Gasteiger charge is -2.10. The number of para-hydroxylation sites is 1. The van der Waals surface area contributed by atoms with Crippen LogP contribution in [0.3, 0.4) is 0 Å². The molecule has 0 radical (unpaired) electrons. The van der Waals surface area contributed by atoms with Gasteiger partial charge >= 0.3 is 5.97 Å². The van der Waals surface area contributed by atoms with Crippen molar-refractivity contribution in [3.63, 3.8) is 0 Å². The normalized spacial score (nSPS) is 12.6. The lowest BCUT2D eigenvalue weighted by molar-refractivity contribution is -0.146. The average Bonchev–Trinajstić information content (AvgIpc) is 2.26. The zero-order chi connectivity index (χ0) is 11.7. The molecular weight excluding hydrogens is 206 g/mol. The third kappa shape index (κ3) is 1.75. The van der Waals surface area contributed by atoms with E-state index < -0.39 is 12.1 Å². The Labute approximate surface area is 92.2 Å². The van der Waals surface area contributed by atoms with Crippen molar-refractivity contribution in [1.82, 2.24) is 4.98 Å². The molecule has 82 valence electrons. The van der Waals surface area contributed by atoms with Crippen LogP contribution in [-0.2, 0) is 4.79 Å². The van der Waals surface area contributed by atoms with Crippen molar-refractivity contribution in [1.29, 1.82) is 0 Å². The van der Waals surface area contributed by atoms with Gasteiger partial charge in [0.05, 0.1) is 5.52 Å². The number of benzene rings is 1. The van der Waals surface area contributed by atoms with Gasteiger partial charge in [-0.15, -0.1) is 0 Å². The summed E-state index contributed by atoms with van der Waals surface area (Å²) in [5, 5.41) is 19.1. The van der Waals surface area contributed by atoms with Gasteiger partial charge < -0.3 is 10.2 Å². The predicted molar refractivity (Wildman–Crippen MR) is 59.1 cm³/mol. The van der Waals surface area contributed by atoms with Crippen LogP contribution < -0.4 is 0 Å². The Kier molecular flexibility index (Phi) is 2.58. The Balaban J connectivity index is 2.72. The number of aliphatic carboxylic acids is 1. The molecule has 2 rings (SSSR count). The largest absolute Gasteiger partial charge is 0.479 e. The van der Waals surface area contributed by atoms with E-state index in [2.05, 4.69) is 4.98 Å². The van der Waals surface area contributed by atoms with Crippen LogP contribution >= 0.6 is 0 Å². The predicted octanol–water partition coefficient (Wildman–Crippen LogP) is 1.66. The minimum Gasteiger partial charge on any atom is -0.479 e. The van der Waals surface area contributed by atoms with Gasteiger partial charge in [0.15, 0.2) is 6.10 Å². The van der Waals surface area contributed by atoms with E-state index in [1.165, 1.54) is 0 Å². The number of hydrogen-bond donors (Lipinski definition) is 2. The first-order valence-corrected chi connectivity index (χ1v) is 4.87. The van der Waals surface area contributed by atoms with Crippen molar-refractivity contribution in [3.8, 4) is 0 Å². The summed E-state index contributed by atoms with van der Waals surface area (Å²) in [5.41, 5.74) is 1.77. The fourth-order valence-corrected chi connectivity index (χ4v) is 1.70. The highest BCUT2D eigenvalue weighted by atomic mass is 16.4. The molecule has 0 aliphatic carbocycles. The van der Waals surface area contributed by atoms with Crippen LogP contribution in [0.2, 0.25) is 0 Å². The van der Waals surface area contributed by atoms with Gasteiger partial charge in [-0.1, -0.05) is 18.2 Å². The molecule has 0 bridgehead atoms. The molecule has 0 amide bonds. The highest BCUT2D eigenvalue weighted by Gasteiger charge is 2.19. The van der Waals surface area contributed by atoms with Gasteiger partial charge in [0.2, 0.25) is 0 Å². The molecule has 0 aliphatic rings. The van der Waals surface area contributed by atoms with Crippen LogP contribution in [0.1, 0.15) is 17.4 Å². The van der Waals surface area contributed by atoms with Crippen molar-refractivity contribution in [3.05, 3.63) is 41.6 Å². The molecule has 0 spiro atoms. The van der Waals surface area contributed by atoms with E-state index in [0.29, 0.717) is 22.2 Å². The number of carbonyl (C=O) groups is 1. The zero-order valence-electron chi connectivity index (χ0n) is 8.71. The minimum atomic E-state index is -1.51. The molecular formula is C12H11NO3. The lowest BCUT2D eigenvalue weighted by Crippen LogP contribution is -2.11. The van der Waals surface area contributed by atoms with E-state index in [4.69, 9.17) is 5.11 Å². The number of aliphatic hydroxyl groups excluding tert-OH is 1. The molecule has 1 aromatic carbocycles. The number of carboxylic acid groups (broad SMARTS) is 1. The van der Waals surface area contributed by atoms with E-state index in [0.717, 1.165) is 0 Å².